The van der Waals surface area contributed by atoms with Gasteiger partial charge in [0.2, 0.25) is 0 Å². The fourth-order valence-electron chi connectivity index (χ4n) is 1.03. The van der Waals surface area contributed by atoms with Crippen LogP contribution in [0.1, 0.15) is 0 Å². The van der Waals surface area contributed by atoms with Gasteiger partial charge in [0, 0.05) is 5.69 Å². The van der Waals surface area contributed by atoms with E-state index in [2.05, 4.69) is 31.9 Å². The van der Waals surface area contributed by atoms with Crippen LogP contribution in [0.15, 0.2) is 21.1 Å². The number of anilines is 1. The quantitative estimate of drug-likeness (QED) is 0.702. The van der Waals surface area contributed by atoms with Crippen molar-refractivity contribution in [2.45, 2.75) is 0 Å². The third-order valence-electron chi connectivity index (χ3n) is 1.63. The van der Waals surface area contributed by atoms with Crippen LogP contribution in [-0.4, -0.2) is 18.5 Å². The highest BCUT2D eigenvalue weighted by molar-refractivity contribution is 9.11. The molecule has 92 valence electrons. The third kappa shape index (κ3) is 4.23. The van der Waals surface area contributed by atoms with Gasteiger partial charge in [0.25, 0.3) is 5.91 Å². The van der Waals surface area contributed by atoms with E-state index in [1.54, 1.807) is 12.1 Å². The fraction of sp³-hybridized carbons (Fsp3) is 0.111. The summed E-state index contributed by atoms with van der Waals surface area (Å²) < 4.78 is 6.40. The van der Waals surface area contributed by atoms with Gasteiger partial charge in [0.15, 0.2) is 6.61 Å². The second kappa shape index (κ2) is 5.87. The first-order chi connectivity index (χ1) is 7.90. The molecular weight excluding hydrogens is 358 g/mol. The highest BCUT2D eigenvalue weighted by Gasteiger charge is 2.11. The molecule has 1 aromatic rings. The van der Waals surface area contributed by atoms with Gasteiger partial charge in [-0.1, -0.05) is 0 Å². The molecule has 0 radical (unpaired) electrons. The predicted octanol–water partition coefficient (Wildman–Crippen LogP) is 1.37. The number of rotatable bonds is 3. The van der Waals surface area contributed by atoms with E-state index < -0.39 is 11.9 Å². The average Bonchev–Trinajstić information content (AvgIpc) is 2.14. The van der Waals surface area contributed by atoms with Gasteiger partial charge in [-0.15, -0.1) is 0 Å². The van der Waals surface area contributed by atoms with Crippen LogP contribution in [-0.2, 0) is 4.79 Å². The van der Waals surface area contributed by atoms with E-state index in [4.69, 9.17) is 16.2 Å². The lowest BCUT2D eigenvalue weighted by Gasteiger charge is -2.10. The largest absolute Gasteiger partial charge is 0.481 e. The Morgan fingerprint density at radius 1 is 1.29 bits per heavy atom. The lowest BCUT2D eigenvalue weighted by molar-refractivity contribution is -0.121. The maximum Gasteiger partial charge on any atom is 0.318 e. The number of carbonyl (C=O) groups is 2. The Balaban J connectivity index is 2.70. The SMILES string of the molecule is NC(=O)NC(=O)COc1c(Br)cc(N)cc1Br. The number of amides is 3. The van der Waals surface area contributed by atoms with Crippen molar-refractivity contribution in [2.75, 3.05) is 12.3 Å². The molecule has 5 N–H and O–H groups in total. The Hall–Kier alpha value is -1.28. The Labute approximate surface area is 114 Å². The average molecular weight is 367 g/mol. The molecular formula is C9H9Br2N3O3. The van der Waals surface area contributed by atoms with E-state index in [-0.39, 0.29) is 6.61 Å². The standard InChI is InChI=1S/C9H9Br2N3O3/c10-5-1-4(12)2-6(11)8(5)17-3-7(15)14-9(13)16/h1-2H,3,12H2,(H3,13,14,15,16). The topological polar surface area (TPSA) is 107 Å². The van der Waals surface area contributed by atoms with Crippen LogP contribution in [0.4, 0.5) is 10.5 Å². The summed E-state index contributed by atoms with van der Waals surface area (Å²) in [7, 11) is 0. The first kappa shape index (κ1) is 13.8. The molecule has 0 fully saturated rings. The number of primary amides is 1. The van der Waals surface area contributed by atoms with Crippen molar-refractivity contribution in [3.63, 3.8) is 0 Å². The number of hydrogen-bond donors (Lipinski definition) is 3. The molecule has 0 bridgehead atoms. The summed E-state index contributed by atoms with van der Waals surface area (Å²) in [5.74, 6) is -0.216. The molecule has 1 aromatic carbocycles. The van der Waals surface area contributed by atoms with Crippen LogP contribution < -0.4 is 21.5 Å². The van der Waals surface area contributed by atoms with Crippen molar-refractivity contribution in [2.24, 2.45) is 5.73 Å². The Bertz CT molecular complexity index is 442. The number of imide groups is 1. The zero-order valence-electron chi connectivity index (χ0n) is 8.50. The minimum Gasteiger partial charge on any atom is -0.481 e. The van der Waals surface area contributed by atoms with Crippen LogP contribution in [0.5, 0.6) is 5.75 Å². The summed E-state index contributed by atoms with van der Waals surface area (Å²) in [4.78, 5) is 21.5. The zero-order valence-corrected chi connectivity index (χ0v) is 11.7. The smallest absolute Gasteiger partial charge is 0.318 e. The Morgan fingerprint density at radius 3 is 2.29 bits per heavy atom. The number of hydrogen-bond acceptors (Lipinski definition) is 4. The van der Waals surface area contributed by atoms with Crippen LogP contribution >= 0.6 is 31.9 Å². The first-order valence-electron chi connectivity index (χ1n) is 4.36. The number of nitrogen functional groups attached to an aromatic ring is 1. The molecule has 0 saturated heterocycles. The first-order valence-corrected chi connectivity index (χ1v) is 5.95. The Morgan fingerprint density at radius 2 is 1.82 bits per heavy atom. The number of halogens is 2. The van der Waals surface area contributed by atoms with Gasteiger partial charge in [-0.25, -0.2) is 4.79 Å². The van der Waals surface area contributed by atoms with Gasteiger partial charge in [-0.3, -0.25) is 10.1 Å². The van der Waals surface area contributed by atoms with Crippen molar-refractivity contribution < 1.29 is 14.3 Å². The second-order valence-corrected chi connectivity index (χ2v) is 4.72. The van der Waals surface area contributed by atoms with Crippen molar-refractivity contribution in [1.29, 1.82) is 0 Å². The zero-order chi connectivity index (χ0) is 13.0. The van der Waals surface area contributed by atoms with Crippen molar-refractivity contribution in [3.8, 4) is 5.75 Å². The van der Waals surface area contributed by atoms with Gasteiger partial charge >= 0.3 is 6.03 Å². The molecule has 6 nitrogen and oxygen atoms in total. The maximum atomic E-state index is 11.1. The van der Waals surface area contributed by atoms with Crippen LogP contribution in [0, 0.1) is 0 Å². The summed E-state index contributed by atoms with van der Waals surface area (Å²) in [6, 6.07) is 2.34. The van der Waals surface area contributed by atoms with E-state index >= 15 is 0 Å². The number of nitrogens with one attached hydrogen (secondary N) is 1. The number of nitrogens with two attached hydrogens (primary N) is 2. The summed E-state index contributed by atoms with van der Waals surface area (Å²) >= 11 is 6.48. The van der Waals surface area contributed by atoms with E-state index in [1.165, 1.54) is 0 Å². The summed E-state index contributed by atoms with van der Waals surface area (Å²) in [6.07, 6.45) is 0. The molecule has 0 spiro atoms. The van der Waals surface area contributed by atoms with Crippen LogP contribution in [0.2, 0.25) is 0 Å². The molecule has 0 saturated carbocycles. The highest BCUT2D eigenvalue weighted by atomic mass is 79.9. The summed E-state index contributed by atoms with van der Waals surface area (Å²) in [5, 5.41) is 1.88. The molecule has 0 aliphatic rings. The third-order valence-corrected chi connectivity index (χ3v) is 2.81. The maximum absolute atomic E-state index is 11.1. The lowest BCUT2D eigenvalue weighted by Crippen LogP contribution is -2.38. The fourth-order valence-corrected chi connectivity index (χ4v) is 2.48. The number of benzene rings is 1. The lowest BCUT2D eigenvalue weighted by atomic mass is 10.3. The van der Waals surface area contributed by atoms with E-state index in [0.717, 1.165) is 0 Å². The highest BCUT2D eigenvalue weighted by Crippen LogP contribution is 2.35. The number of urea groups is 1. The molecule has 0 aliphatic carbocycles. The normalized spacial score (nSPS) is 9.76. The van der Waals surface area contributed by atoms with Gasteiger partial charge in [-0.2, -0.15) is 0 Å². The van der Waals surface area contributed by atoms with Crippen LogP contribution in [0.3, 0.4) is 0 Å². The molecule has 1 rings (SSSR count). The van der Waals surface area contributed by atoms with Gasteiger partial charge < -0.3 is 16.2 Å². The minimum absolute atomic E-state index is 0.329. The molecule has 8 heteroatoms. The van der Waals surface area contributed by atoms with Crippen molar-refractivity contribution in [3.05, 3.63) is 21.1 Å². The van der Waals surface area contributed by atoms with E-state index in [1.807, 2.05) is 5.32 Å². The number of carbonyl (C=O) groups excluding carboxylic acids is 2. The number of ether oxygens (including phenoxy) is 1. The molecule has 0 aromatic heterocycles. The van der Waals surface area contributed by atoms with Gasteiger partial charge in [0.05, 0.1) is 8.95 Å². The van der Waals surface area contributed by atoms with E-state index in [9.17, 15) is 9.59 Å². The Kier molecular flexibility index (Phi) is 4.76. The molecule has 0 heterocycles. The summed E-state index contributed by atoms with van der Waals surface area (Å²) in [6.45, 7) is -0.329. The monoisotopic (exact) mass is 365 g/mol. The molecule has 0 unspecified atom stereocenters. The summed E-state index contributed by atoms with van der Waals surface area (Å²) in [5.41, 5.74) is 10.9. The predicted molar refractivity (Wildman–Crippen MR) is 69.5 cm³/mol. The molecule has 0 aliphatic heterocycles. The van der Waals surface area contributed by atoms with Gasteiger partial charge in [-0.05, 0) is 44.0 Å². The van der Waals surface area contributed by atoms with E-state index in [0.29, 0.717) is 20.4 Å². The minimum atomic E-state index is -0.922. The second-order valence-electron chi connectivity index (χ2n) is 3.01. The molecule has 3 amide bonds. The van der Waals surface area contributed by atoms with Crippen LogP contribution in [0.25, 0.3) is 0 Å². The van der Waals surface area contributed by atoms with Gasteiger partial charge in [0.1, 0.15) is 5.75 Å². The molecule has 0 atom stereocenters. The van der Waals surface area contributed by atoms with Crippen molar-refractivity contribution in [1.82, 2.24) is 5.32 Å². The molecule has 17 heavy (non-hydrogen) atoms. The van der Waals surface area contributed by atoms with Crippen molar-refractivity contribution >= 4 is 49.5 Å².